The molecule has 8 heteroatoms. The van der Waals surface area contributed by atoms with Gasteiger partial charge in [0, 0.05) is 16.1 Å². The van der Waals surface area contributed by atoms with Crippen molar-refractivity contribution in [1.82, 2.24) is 4.98 Å². The first-order valence-electron chi connectivity index (χ1n) is 7.39. The predicted molar refractivity (Wildman–Crippen MR) is 100 cm³/mol. The van der Waals surface area contributed by atoms with Crippen LogP contribution in [0.5, 0.6) is 0 Å². The summed E-state index contributed by atoms with van der Waals surface area (Å²) in [6.45, 7) is 1.93. The molecule has 0 radical (unpaired) electrons. The fourth-order valence-electron chi connectivity index (χ4n) is 2.31. The zero-order valence-corrected chi connectivity index (χ0v) is 15.2. The average Bonchev–Trinajstić information content (AvgIpc) is 2.89. The Balaban J connectivity index is 1.84. The minimum absolute atomic E-state index is 0.340. The molecule has 0 aliphatic rings. The lowest BCUT2D eigenvalue weighted by Gasteiger charge is -2.05. The molecule has 0 saturated heterocycles. The third kappa shape index (κ3) is 4.34. The molecule has 0 spiro atoms. The van der Waals surface area contributed by atoms with E-state index >= 15 is 0 Å². The molecule has 0 atom stereocenters. The molecular formula is C17H16FN3O2S2. The van der Waals surface area contributed by atoms with E-state index in [0.29, 0.717) is 16.5 Å². The van der Waals surface area contributed by atoms with Crippen LogP contribution in [0.15, 0.2) is 48.5 Å². The highest BCUT2D eigenvalue weighted by Crippen LogP contribution is 2.33. The van der Waals surface area contributed by atoms with Gasteiger partial charge >= 0.3 is 0 Å². The van der Waals surface area contributed by atoms with Crippen LogP contribution in [0.25, 0.3) is 11.3 Å². The van der Waals surface area contributed by atoms with Gasteiger partial charge < -0.3 is 5.32 Å². The summed E-state index contributed by atoms with van der Waals surface area (Å²) in [7, 11) is -3.31. The molecule has 0 aliphatic carbocycles. The zero-order chi connectivity index (χ0) is 18.0. The standard InChI is InChI=1S/C17H16FN3O2S2/c1-11-16(12-7-9-13(10-8-12)21-25(2,22)23)20-17(24-11)19-15-6-4-3-5-14(15)18/h3-10,21H,1-2H3,(H,19,20). The van der Waals surface area contributed by atoms with Gasteiger partial charge in [-0.15, -0.1) is 11.3 Å². The number of aromatic nitrogens is 1. The maximum Gasteiger partial charge on any atom is 0.229 e. The smallest absolute Gasteiger partial charge is 0.229 e. The van der Waals surface area contributed by atoms with Crippen molar-refractivity contribution < 1.29 is 12.8 Å². The third-order valence-corrected chi connectivity index (χ3v) is 4.87. The van der Waals surface area contributed by atoms with Crippen molar-refractivity contribution in [2.24, 2.45) is 0 Å². The van der Waals surface area contributed by atoms with Crippen LogP contribution in [0.4, 0.5) is 20.9 Å². The first-order chi connectivity index (χ1) is 11.8. The molecule has 2 aromatic carbocycles. The summed E-state index contributed by atoms with van der Waals surface area (Å²) in [6, 6.07) is 13.4. The lowest BCUT2D eigenvalue weighted by Crippen LogP contribution is -2.09. The summed E-state index contributed by atoms with van der Waals surface area (Å²) in [4.78, 5) is 5.50. The molecule has 0 amide bonds. The second kappa shape index (κ2) is 6.81. The Bertz CT molecular complexity index is 999. The fraction of sp³-hybridized carbons (Fsp3) is 0.118. The second-order valence-corrected chi connectivity index (χ2v) is 8.43. The first kappa shape index (κ1) is 17.4. The summed E-state index contributed by atoms with van der Waals surface area (Å²) in [6.07, 6.45) is 1.10. The molecule has 3 rings (SSSR count). The number of halogens is 1. The van der Waals surface area contributed by atoms with Crippen LogP contribution < -0.4 is 10.0 Å². The van der Waals surface area contributed by atoms with Crippen molar-refractivity contribution in [2.45, 2.75) is 6.92 Å². The maximum atomic E-state index is 13.7. The van der Waals surface area contributed by atoms with Crippen molar-refractivity contribution in [3.63, 3.8) is 0 Å². The highest BCUT2D eigenvalue weighted by atomic mass is 32.2. The molecular weight excluding hydrogens is 361 g/mol. The van der Waals surface area contributed by atoms with E-state index in [0.717, 1.165) is 22.4 Å². The summed E-state index contributed by atoms with van der Waals surface area (Å²) in [5, 5.41) is 3.58. The van der Waals surface area contributed by atoms with E-state index in [-0.39, 0.29) is 5.82 Å². The monoisotopic (exact) mass is 377 g/mol. The van der Waals surface area contributed by atoms with Gasteiger partial charge in [-0.25, -0.2) is 17.8 Å². The SMILES string of the molecule is Cc1sc(Nc2ccccc2F)nc1-c1ccc(NS(C)(=O)=O)cc1. The molecule has 0 saturated carbocycles. The Morgan fingerprint density at radius 1 is 1.08 bits per heavy atom. The number of nitrogens with one attached hydrogen (secondary N) is 2. The lowest BCUT2D eigenvalue weighted by molar-refractivity contribution is 0.607. The molecule has 5 nitrogen and oxygen atoms in total. The summed E-state index contributed by atoms with van der Waals surface area (Å²) in [5.74, 6) is -0.340. The Labute approximate surface area is 149 Å². The molecule has 0 fully saturated rings. The van der Waals surface area contributed by atoms with Crippen LogP contribution in [-0.2, 0) is 10.0 Å². The van der Waals surface area contributed by atoms with E-state index < -0.39 is 10.0 Å². The summed E-state index contributed by atoms with van der Waals surface area (Å²) in [5.41, 5.74) is 2.49. The third-order valence-electron chi connectivity index (χ3n) is 3.37. The number of rotatable bonds is 5. The number of anilines is 3. The molecule has 1 aromatic heterocycles. The fourth-order valence-corrected chi connectivity index (χ4v) is 3.72. The number of hydrogen-bond donors (Lipinski definition) is 2. The van der Waals surface area contributed by atoms with Crippen LogP contribution >= 0.6 is 11.3 Å². The van der Waals surface area contributed by atoms with E-state index in [1.54, 1.807) is 42.5 Å². The van der Waals surface area contributed by atoms with Gasteiger partial charge in [0.2, 0.25) is 10.0 Å². The van der Waals surface area contributed by atoms with Gasteiger partial charge in [0.25, 0.3) is 0 Å². The Hall–Kier alpha value is -2.45. The van der Waals surface area contributed by atoms with Crippen LogP contribution in [-0.4, -0.2) is 19.7 Å². The van der Waals surface area contributed by atoms with E-state index in [2.05, 4.69) is 15.0 Å². The van der Waals surface area contributed by atoms with Gasteiger partial charge in [0.05, 0.1) is 17.6 Å². The maximum absolute atomic E-state index is 13.7. The molecule has 0 bridgehead atoms. The van der Waals surface area contributed by atoms with Crippen molar-refractivity contribution in [3.05, 3.63) is 59.2 Å². The Kier molecular flexibility index (Phi) is 4.73. The number of benzene rings is 2. The number of thiazole rings is 1. The van der Waals surface area contributed by atoms with E-state index in [9.17, 15) is 12.8 Å². The highest BCUT2D eigenvalue weighted by Gasteiger charge is 2.12. The van der Waals surface area contributed by atoms with Crippen LogP contribution in [0.1, 0.15) is 4.88 Å². The molecule has 0 aliphatic heterocycles. The predicted octanol–water partition coefficient (Wildman–Crippen LogP) is 4.37. The number of aryl methyl sites for hydroxylation is 1. The molecule has 0 unspecified atom stereocenters. The minimum atomic E-state index is -3.31. The topological polar surface area (TPSA) is 71.1 Å². The van der Waals surface area contributed by atoms with Gasteiger partial charge in [-0.1, -0.05) is 24.3 Å². The van der Waals surface area contributed by atoms with Crippen molar-refractivity contribution >= 4 is 37.9 Å². The number of para-hydroxylation sites is 1. The lowest BCUT2D eigenvalue weighted by atomic mass is 10.1. The van der Waals surface area contributed by atoms with Crippen molar-refractivity contribution in [2.75, 3.05) is 16.3 Å². The number of sulfonamides is 1. The highest BCUT2D eigenvalue weighted by molar-refractivity contribution is 7.92. The quantitative estimate of drug-likeness (QED) is 0.692. The molecule has 2 N–H and O–H groups in total. The zero-order valence-electron chi connectivity index (χ0n) is 13.6. The van der Waals surface area contributed by atoms with Gasteiger partial charge in [-0.2, -0.15) is 0 Å². The van der Waals surface area contributed by atoms with Crippen LogP contribution in [0.3, 0.4) is 0 Å². The van der Waals surface area contributed by atoms with Crippen LogP contribution in [0.2, 0.25) is 0 Å². The largest absolute Gasteiger partial charge is 0.329 e. The van der Waals surface area contributed by atoms with Crippen LogP contribution in [0, 0.1) is 12.7 Å². The molecule has 25 heavy (non-hydrogen) atoms. The first-order valence-corrected chi connectivity index (χ1v) is 10.1. The number of hydrogen-bond acceptors (Lipinski definition) is 5. The van der Waals surface area contributed by atoms with Gasteiger partial charge in [-0.3, -0.25) is 4.72 Å². The minimum Gasteiger partial charge on any atom is -0.329 e. The molecule has 3 aromatic rings. The van der Waals surface area contributed by atoms with Crippen molar-refractivity contribution in [1.29, 1.82) is 0 Å². The summed E-state index contributed by atoms with van der Waals surface area (Å²) >= 11 is 1.43. The molecule has 1 heterocycles. The van der Waals surface area contributed by atoms with E-state index in [1.807, 2.05) is 6.92 Å². The van der Waals surface area contributed by atoms with E-state index in [4.69, 9.17) is 0 Å². The van der Waals surface area contributed by atoms with Crippen molar-refractivity contribution in [3.8, 4) is 11.3 Å². The second-order valence-electron chi connectivity index (χ2n) is 5.48. The van der Waals surface area contributed by atoms with Gasteiger partial charge in [-0.05, 0) is 31.2 Å². The van der Waals surface area contributed by atoms with Gasteiger partial charge in [0.15, 0.2) is 5.13 Å². The Morgan fingerprint density at radius 3 is 2.40 bits per heavy atom. The molecule has 130 valence electrons. The average molecular weight is 377 g/mol. The van der Waals surface area contributed by atoms with E-state index in [1.165, 1.54) is 17.4 Å². The number of nitrogens with zero attached hydrogens (tertiary/aromatic N) is 1. The summed E-state index contributed by atoms with van der Waals surface area (Å²) < 4.78 is 38.7. The Morgan fingerprint density at radius 2 is 1.76 bits per heavy atom. The van der Waals surface area contributed by atoms with Gasteiger partial charge in [0.1, 0.15) is 5.82 Å². The normalized spacial score (nSPS) is 11.3.